The Balaban J connectivity index is 1.55. The van der Waals surface area contributed by atoms with Crippen LogP contribution in [0.5, 0.6) is 0 Å². The lowest BCUT2D eigenvalue weighted by atomic mass is 10.1. The van der Waals surface area contributed by atoms with Gasteiger partial charge in [-0.2, -0.15) is 26.9 Å². The van der Waals surface area contributed by atoms with Crippen LogP contribution < -0.4 is 10.0 Å². The Labute approximate surface area is 199 Å². The minimum absolute atomic E-state index is 0.0454. The molecule has 3 rings (SSSR count). The zero-order chi connectivity index (χ0) is 26.0. The Morgan fingerprint density at radius 2 is 1.91 bits per heavy atom. The molecule has 0 saturated carbocycles. The molecule has 188 valence electrons. The van der Waals surface area contributed by atoms with Crippen LogP contribution in [0.4, 0.5) is 27.6 Å². The largest absolute Gasteiger partial charge is 0.516 e. The van der Waals surface area contributed by atoms with E-state index < -0.39 is 58.8 Å². The standard InChI is InChI=1S/C19H16F5N5O4S2/c20-18(21)6-13(7-25)29(10-18)16(30)8-26-17(31)14-9-34-15(27-14)5-11-1-3-12(4-2-11)28-35(32,33)19(22,23)24/h1-4,9,13,28H,5-6,8,10H2,(H,26,31)/t13-/m0/s1. The smallest absolute Gasteiger partial charge is 0.342 e. The van der Waals surface area contributed by atoms with Crippen molar-refractivity contribution >= 4 is 38.9 Å². The van der Waals surface area contributed by atoms with Crippen LogP contribution in [0.2, 0.25) is 0 Å². The van der Waals surface area contributed by atoms with Crippen LogP contribution in [0.15, 0.2) is 29.6 Å². The second kappa shape index (κ2) is 9.74. The highest BCUT2D eigenvalue weighted by molar-refractivity contribution is 7.93. The molecular formula is C19H16F5N5O4S2. The van der Waals surface area contributed by atoms with Gasteiger partial charge in [0.25, 0.3) is 11.8 Å². The molecule has 9 nitrogen and oxygen atoms in total. The highest BCUT2D eigenvalue weighted by Gasteiger charge is 2.47. The quantitative estimate of drug-likeness (QED) is 0.522. The lowest BCUT2D eigenvalue weighted by Crippen LogP contribution is -2.43. The number of anilines is 1. The number of nitrogens with one attached hydrogen (secondary N) is 2. The van der Waals surface area contributed by atoms with E-state index in [9.17, 15) is 40.0 Å². The van der Waals surface area contributed by atoms with Gasteiger partial charge in [0, 0.05) is 23.9 Å². The van der Waals surface area contributed by atoms with Crippen molar-refractivity contribution in [2.75, 3.05) is 17.8 Å². The first kappa shape index (κ1) is 26.3. The normalized spacial score (nSPS) is 17.6. The fraction of sp³-hybridized carbons (Fsp3) is 0.368. The maximum absolute atomic E-state index is 13.5. The Kier molecular flexibility index (Phi) is 7.31. The summed E-state index contributed by atoms with van der Waals surface area (Å²) in [6.07, 6.45) is -0.594. The van der Waals surface area contributed by atoms with Crippen molar-refractivity contribution in [1.82, 2.24) is 15.2 Å². The van der Waals surface area contributed by atoms with E-state index in [0.717, 1.165) is 23.5 Å². The molecule has 1 aromatic carbocycles. The van der Waals surface area contributed by atoms with Crippen molar-refractivity contribution in [1.29, 1.82) is 5.26 Å². The number of hydrogen-bond donors (Lipinski definition) is 2. The number of alkyl halides is 5. The van der Waals surface area contributed by atoms with E-state index in [-0.39, 0.29) is 17.8 Å². The molecule has 2 amide bonds. The molecule has 2 aromatic rings. The van der Waals surface area contributed by atoms with Gasteiger partial charge in [-0.3, -0.25) is 14.3 Å². The fourth-order valence-corrected chi connectivity index (χ4v) is 4.49. The van der Waals surface area contributed by atoms with Gasteiger partial charge in [0.05, 0.1) is 24.2 Å². The minimum Gasteiger partial charge on any atom is -0.342 e. The molecule has 2 N–H and O–H groups in total. The van der Waals surface area contributed by atoms with Crippen LogP contribution in [-0.2, 0) is 21.2 Å². The molecule has 0 bridgehead atoms. The summed E-state index contributed by atoms with van der Waals surface area (Å²) >= 11 is 1.08. The van der Waals surface area contributed by atoms with Gasteiger partial charge in [-0.1, -0.05) is 12.1 Å². The van der Waals surface area contributed by atoms with Gasteiger partial charge in [0.15, 0.2) is 0 Å². The second-order valence-electron chi connectivity index (χ2n) is 7.46. The number of carbonyl (C=O) groups excluding carboxylic acids is 2. The molecule has 1 aliphatic rings. The second-order valence-corrected chi connectivity index (χ2v) is 10.1. The van der Waals surface area contributed by atoms with E-state index in [0.29, 0.717) is 15.5 Å². The third-order valence-electron chi connectivity index (χ3n) is 4.79. The van der Waals surface area contributed by atoms with Crippen molar-refractivity contribution < 1.29 is 40.0 Å². The molecule has 1 saturated heterocycles. The van der Waals surface area contributed by atoms with Crippen molar-refractivity contribution in [2.45, 2.75) is 30.3 Å². The molecule has 2 heterocycles. The minimum atomic E-state index is -5.54. The number of sulfonamides is 1. The van der Waals surface area contributed by atoms with Crippen LogP contribution in [-0.4, -0.2) is 60.7 Å². The topological polar surface area (TPSA) is 132 Å². The lowest BCUT2D eigenvalue weighted by molar-refractivity contribution is -0.131. The van der Waals surface area contributed by atoms with Crippen LogP contribution in [0.3, 0.4) is 0 Å². The molecule has 0 unspecified atom stereocenters. The first-order valence-electron chi connectivity index (χ1n) is 9.68. The summed E-state index contributed by atoms with van der Waals surface area (Å²) in [4.78, 5) is 29.2. The number of amides is 2. The zero-order valence-electron chi connectivity index (χ0n) is 17.5. The number of hydrogen-bond acceptors (Lipinski definition) is 7. The summed E-state index contributed by atoms with van der Waals surface area (Å²) in [5.74, 6) is -4.75. The molecule has 0 radical (unpaired) electrons. The number of aromatic nitrogens is 1. The molecule has 16 heteroatoms. The number of likely N-dealkylation sites (tertiary alicyclic amines) is 1. The van der Waals surface area contributed by atoms with E-state index in [1.165, 1.54) is 22.2 Å². The number of thiazole rings is 1. The highest BCUT2D eigenvalue weighted by Crippen LogP contribution is 2.31. The number of rotatable bonds is 7. The maximum atomic E-state index is 13.5. The third kappa shape index (κ3) is 6.42. The molecule has 1 atom stereocenters. The van der Waals surface area contributed by atoms with E-state index in [1.807, 2.05) is 0 Å². The van der Waals surface area contributed by atoms with Gasteiger partial charge >= 0.3 is 15.5 Å². The van der Waals surface area contributed by atoms with Crippen molar-refractivity contribution in [3.63, 3.8) is 0 Å². The average molecular weight is 537 g/mol. The molecule has 0 spiro atoms. The summed E-state index contributed by atoms with van der Waals surface area (Å²) in [6, 6.07) is 5.40. The lowest BCUT2D eigenvalue weighted by Gasteiger charge is -2.19. The average Bonchev–Trinajstić information content (AvgIpc) is 3.35. The first-order chi connectivity index (χ1) is 16.2. The molecule has 0 aliphatic carbocycles. The van der Waals surface area contributed by atoms with E-state index in [1.54, 1.807) is 6.07 Å². The predicted octanol–water partition coefficient (Wildman–Crippen LogP) is 2.48. The third-order valence-corrected chi connectivity index (χ3v) is 6.75. The summed E-state index contributed by atoms with van der Waals surface area (Å²) in [6.45, 7) is -1.51. The summed E-state index contributed by atoms with van der Waals surface area (Å²) < 4.78 is 87.9. The fourth-order valence-electron chi connectivity index (χ4n) is 3.12. The van der Waals surface area contributed by atoms with Gasteiger partial charge in [-0.15, -0.1) is 11.3 Å². The summed E-state index contributed by atoms with van der Waals surface area (Å²) in [7, 11) is -5.54. The van der Waals surface area contributed by atoms with Gasteiger partial charge < -0.3 is 10.2 Å². The number of carbonyl (C=O) groups is 2. The van der Waals surface area contributed by atoms with Gasteiger partial charge in [0.1, 0.15) is 11.7 Å². The van der Waals surface area contributed by atoms with Crippen molar-refractivity contribution in [3.8, 4) is 6.07 Å². The van der Waals surface area contributed by atoms with E-state index in [4.69, 9.17) is 5.26 Å². The van der Waals surface area contributed by atoms with Crippen LogP contribution >= 0.6 is 11.3 Å². The number of benzene rings is 1. The monoisotopic (exact) mass is 537 g/mol. The predicted molar refractivity (Wildman–Crippen MR) is 113 cm³/mol. The highest BCUT2D eigenvalue weighted by atomic mass is 32.2. The Bertz CT molecular complexity index is 1260. The van der Waals surface area contributed by atoms with E-state index in [2.05, 4.69) is 10.3 Å². The Morgan fingerprint density at radius 1 is 1.26 bits per heavy atom. The molecule has 1 aromatic heterocycles. The SMILES string of the molecule is N#C[C@@H]1CC(F)(F)CN1C(=O)CNC(=O)c1csc(Cc2ccc(NS(=O)(=O)C(F)(F)F)cc2)n1. The van der Waals surface area contributed by atoms with Gasteiger partial charge in [-0.05, 0) is 17.7 Å². The Hall–Kier alpha value is -3.32. The van der Waals surface area contributed by atoms with Crippen molar-refractivity contribution in [3.05, 3.63) is 45.9 Å². The first-order valence-corrected chi connectivity index (χ1v) is 12.0. The van der Waals surface area contributed by atoms with E-state index >= 15 is 0 Å². The molecule has 1 aliphatic heterocycles. The molecular weight excluding hydrogens is 521 g/mol. The van der Waals surface area contributed by atoms with Crippen LogP contribution in [0.25, 0.3) is 0 Å². The number of halogens is 5. The van der Waals surface area contributed by atoms with Crippen molar-refractivity contribution in [2.24, 2.45) is 0 Å². The van der Waals surface area contributed by atoms with Crippen LogP contribution in [0, 0.1) is 11.3 Å². The summed E-state index contributed by atoms with van der Waals surface area (Å²) in [5.41, 5.74) is -5.22. The molecule has 35 heavy (non-hydrogen) atoms. The molecule has 1 fully saturated rings. The maximum Gasteiger partial charge on any atom is 0.516 e. The van der Waals surface area contributed by atoms with Crippen LogP contribution in [0.1, 0.15) is 27.5 Å². The van der Waals surface area contributed by atoms with Gasteiger partial charge in [-0.25, -0.2) is 13.8 Å². The Morgan fingerprint density at radius 3 is 2.51 bits per heavy atom. The van der Waals surface area contributed by atoms with Gasteiger partial charge in [0.2, 0.25) is 5.91 Å². The number of nitriles is 1. The zero-order valence-corrected chi connectivity index (χ0v) is 19.1. The number of nitrogens with zero attached hydrogens (tertiary/aromatic N) is 3. The summed E-state index contributed by atoms with van der Waals surface area (Å²) in [5, 5.41) is 13.0.